The minimum atomic E-state index is -1.38. The van der Waals surface area contributed by atoms with Gasteiger partial charge in [0.15, 0.2) is 5.11 Å². The molecule has 0 radical (unpaired) electrons. The summed E-state index contributed by atoms with van der Waals surface area (Å²) < 4.78 is 5.14. The number of hydrogen-bond acceptors (Lipinski definition) is 2. The summed E-state index contributed by atoms with van der Waals surface area (Å²) in [6.45, 7) is 6.60. The lowest BCUT2D eigenvalue weighted by Crippen LogP contribution is -2.47. The summed E-state index contributed by atoms with van der Waals surface area (Å²) in [5.41, 5.74) is 0.940. The third-order valence-electron chi connectivity index (χ3n) is 1.82. The van der Waals surface area contributed by atoms with Crippen molar-refractivity contribution in [3.05, 3.63) is 24.3 Å². The van der Waals surface area contributed by atoms with Crippen LogP contribution in [0.15, 0.2) is 24.3 Å². The van der Waals surface area contributed by atoms with Crippen LogP contribution in [0.1, 0.15) is 0 Å². The largest absolute Gasteiger partial charge is 0.497 e. The third-order valence-corrected chi connectivity index (χ3v) is 3.20. The van der Waals surface area contributed by atoms with Crippen LogP contribution in [-0.2, 0) is 0 Å². The number of nitrogens with one attached hydrogen (secondary N) is 2. The minimum absolute atomic E-state index is 0.674. The topological polar surface area (TPSA) is 33.3 Å². The molecule has 0 amide bonds. The summed E-state index contributed by atoms with van der Waals surface area (Å²) in [6, 6.07) is 7.71. The van der Waals surface area contributed by atoms with Gasteiger partial charge in [0.1, 0.15) is 14.0 Å². The molecule has 3 nitrogen and oxygen atoms in total. The molecule has 0 aliphatic heterocycles. The van der Waals surface area contributed by atoms with Gasteiger partial charge in [-0.25, -0.2) is 0 Å². The summed E-state index contributed by atoms with van der Waals surface area (Å²) >= 11 is 5.24. The predicted molar refractivity (Wildman–Crippen MR) is 75.7 cm³/mol. The molecule has 0 aliphatic carbocycles. The Kier molecular flexibility index (Phi) is 4.32. The molecule has 0 bridgehead atoms. The van der Waals surface area contributed by atoms with Crippen molar-refractivity contribution in [1.82, 2.24) is 4.98 Å². The summed E-state index contributed by atoms with van der Waals surface area (Å²) in [4.78, 5) is 3.32. The fraction of sp³-hybridized carbons (Fsp3) is 0.364. The standard InChI is InChI=1S/C11H18N2OSSi/c1-14-10-7-5-6-9(8-10)12-11(15)13-16(2,3)4/h5-8H,1-4H3,(H2,12,13,15). The highest BCUT2D eigenvalue weighted by molar-refractivity contribution is 7.80. The van der Waals surface area contributed by atoms with Gasteiger partial charge in [-0.1, -0.05) is 25.7 Å². The number of methoxy groups -OCH3 is 1. The zero-order valence-corrected chi connectivity index (χ0v) is 11.9. The maximum Gasteiger partial charge on any atom is 0.162 e. The number of ether oxygens (including phenoxy) is 1. The first-order valence-electron chi connectivity index (χ1n) is 5.14. The third kappa shape index (κ3) is 4.63. The van der Waals surface area contributed by atoms with E-state index in [1.165, 1.54) is 0 Å². The van der Waals surface area contributed by atoms with Crippen LogP contribution in [0.5, 0.6) is 5.75 Å². The number of benzene rings is 1. The van der Waals surface area contributed by atoms with Crippen LogP contribution in [0.2, 0.25) is 19.6 Å². The Morgan fingerprint density at radius 3 is 2.56 bits per heavy atom. The quantitative estimate of drug-likeness (QED) is 0.642. The van der Waals surface area contributed by atoms with Crippen molar-refractivity contribution >= 4 is 31.3 Å². The fourth-order valence-corrected chi connectivity index (χ4v) is 2.98. The molecular formula is C11H18N2OSSi. The van der Waals surface area contributed by atoms with E-state index in [1.54, 1.807) is 7.11 Å². The highest BCUT2D eigenvalue weighted by Crippen LogP contribution is 2.16. The molecule has 0 saturated heterocycles. The molecule has 1 aromatic carbocycles. The van der Waals surface area contributed by atoms with E-state index < -0.39 is 8.24 Å². The van der Waals surface area contributed by atoms with E-state index in [9.17, 15) is 0 Å². The van der Waals surface area contributed by atoms with E-state index in [0.717, 1.165) is 11.4 Å². The number of hydrogen-bond donors (Lipinski definition) is 2. The normalized spacial score (nSPS) is 10.8. The van der Waals surface area contributed by atoms with Gasteiger partial charge in [-0.15, -0.1) is 0 Å². The second-order valence-corrected chi connectivity index (χ2v) is 9.72. The van der Waals surface area contributed by atoms with Crippen LogP contribution in [0.25, 0.3) is 0 Å². The summed E-state index contributed by atoms with van der Waals surface area (Å²) in [5, 5.41) is 3.82. The lowest BCUT2D eigenvalue weighted by Gasteiger charge is -2.21. The van der Waals surface area contributed by atoms with Crippen LogP contribution in [0.4, 0.5) is 5.69 Å². The molecule has 0 unspecified atom stereocenters. The Morgan fingerprint density at radius 1 is 1.31 bits per heavy atom. The van der Waals surface area contributed by atoms with Crippen LogP contribution in [0, 0.1) is 0 Å². The monoisotopic (exact) mass is 254 g/mol. The van der Waals surface area contributed by atoms with Crippen molar-refractivity contribution in [3.8, 4) is 5.75 Å². The van der Waals surface area contributed by atoms with Gasteiger partial charge in [-0.3, -0.25) is 0 Å². The van der Waals surface area contributed by atoms with Gasteiger partial charge >= 0.3 is 0 Å². The molecule has 0 aliphatic rings. The highest BCUT2D eigenvalue weighted by atomic mass is 32.1. The van der Waals surface area contributed by atoms with Gasteiger partial charge in [-0.2, -0.15) is 0 Å². The molecular weight excluding hydrogens is 236 g/mol. The molecule has 16 heavy (non-hydrogen) atoms. The maximum absolute atomic E-state index is 5.24. The van der Waals surface area contributed by atoms with Crippen molar-refractivity contribution in [3.63, 3.8) is 0 Å². The lowest BCUT2D eigenvalue weighted by atomic mass is 10.3. The van der Waals surface area contributed by atoms with Gasteiger partial charge in [0, 0.05) is 11.8 Å². The van der Waals surface area contributed by atoms with Crippen LogP contribution in [-0.4, -0.2) is 20.5 Å². The molecule has 1 aromatic rings. The van der Waals surface area contributed by atoms with Crippen molar-refractivity contribution in [1.29, 1.82) is 0 Å². The Bertz CT molecular complexity index is 376. The van der Waals surface area contributed by atoms with E-state index in [1.807, 2.05) is 24.3 Å². The molecule has 5 heteroatoms. The second-order valence-electron chi connectivity index (χ2n) is 4.56. The van der Waals surface area contributed by atoms with Gasteiger partial charge in [0.05, 0.1) is 7.11 Å². The second kappa shape index (κ2) is 5.31. The molecule has 0 fully saturated rings. The van der Waals surface area contributed by atoms with Crippen molar-refractivity contribution < 1.29 is 4.74 Å². The van der Waals surface area contributed by atoms with Gasteiger partial charge in [-0.05, 0) is 24.4 Å². The molecule has 0 spiro atoms. The zero-order chi connectivity index (χ0) is 12.2. The van der Waals surface area contributed by atoms with E-state index in [2.05, 4.69) is 29.9 Å². The molecule has 1 rings (SSSR count). The fourth-order valence-electron chi connectivity index (χ4n) is 1.20. The van der Waals surface area contributed by atoms with Gasteiger partial charge < -0.3 is 15.0 Å². The molecule has 88 valence electrons. The Morgan fingerprint density at radius 2 is 2.00 bits per heavy atom. The first-order chi connectivity index (χ1) is 7.40. The molecule has 0 atom stereocenters. The first-order valence-corrected chi connectivity index (χ1v) is 9.05. The average Bonchev–Trinajstić information content (AvgIpc) is 2.15. The highest BCUT2D eigenvalue weighted by Gasteiger charge is 2.14. The van der Waals surface area contributed by atoms with E-state index in [0.29, 0.717) is 5.11 Å². The lowest BCUT2D eigenvalue weighted by molar-refractivity contribution is 0.415. The first kappa shape index (κ1) is 13.0. The smallest absolute Gasteiger partial charge is 0.162 e. The van der Waals surface area contributed by atoms with Crippen molar-refractivity contribution in [2.75, 3.05) is 12.4 Å². The zero-order valence-electron chi connectivity index (χ0n) is 10.1. The van der Waals surface area contributed by atoms with E-state index in [-0.39, 0.29) is 0 Å². The summed E-state index contributed by atoms with van der Waals surface area (Å²) in [5.74, 6) is 0.820. The Hall–Kier alpha value is -1.07. The van der Waals surface area contributed by atoms with Gasteiger partial charge in [0.25, 0.3) is 0 Å². The maximum atomic E-state index is 5.24. The van der Waals surface area contributed by atoms with Crippen molar-refractivity contribution in [2.45, 2.75) is 19.6 Å². The number of anilines is 1. The molecule has 0 aromatic heterocycles. The predicted octanol–water partition coefficient (Wildman–Crippen LogP) is 2.82. The minimum Gasteiger partial charge on any atom is -0.497 e. The van der Waals surface area contributed by atoms with Gasteiger partial charge in [0.2, 0.25) is 0 Å². The summed E-state index contributed by atoms with van der Waals surface area (Å²) in [7, 11) is 0.270. The molecule has 2 N–H and O–H groups in total. The Balaban J connectivity index is 2.62. The molecule has 0 saturated carbocycles. The number of thiocarbonyl (C=S) groups is 1. The average molecular weight is 254 g/mol. The Labute approximate surface area is 103 Å². The van der Waals surface area contributed by atoms with Crippen LogP contribution in [0.3, 0.4) is 0 Å². The van der Waals surface area contributed by atoms with Crippen LogP contribution < -0.4 is 15.0 Å². The van der Waals surface area contributed by atoms with E-state index in [4.69, 9.17) is 17.0 Å². The van der Waals surface area contributed by atoms with Crippen molar-refractivity contribution in [2.24, 2.45) is 0 Å². The molecule has 0 heterocycles. The van der Waals surface area contributed by atoms with Crippen LogP contribution >= 0.6 is 12.2 Å². The van der Waals surface area contributed by atoms with E-state index >= 15 is 0 Å². The summed E-state index contributed by atoms with van der Waals surface area (Å²) in [6.07, 6.45) is 0. The number of rotatable bonds is 3. The SMILES string of the molecule is COc1cccc(NC(=S)N[Si](C)(C)C)c1.